The van der Waals surface area contributed by atoms with E-state index in [4.69, 9.17) is 14.5 Å². The van der Waals surface area contributed by atoms with Gasteiger partial charge in [0.05, 0.1) is 13.7 Å². The van der Waals surface area contributed by atoms with Crippen LogP contribution in [0.2, 0.25) is 0 Å². The molecule has 3 unspecified atom stereocenters. The van der Waals surface area contributed by atoms with Crippen LogP contribution < -0.4 is 15.4 Å². The molecule has 0 bridgehead atoms. The number of hydrogen-bond donors (Lipinski definition) is 2. The molecule has 160 valence electrons. The molecule has 1 heterocycles. The van der Waals surface area contributed by atoms with Crippen LogP contribution in [0.1, 0.15) is 38.3 Å². The first-order chi connectivity index (χ1) is 13.1. The molecule has 2 N–H and O–H groups in total. The number of guanidine groups is 1. The summed E-state index contributed by atoms with van der Waals surface area (Å²) in [6.07, 6.45) is 2.41. The van der Waals surface area contributed by atoms with Crippen molar-refractivity contribution in [1.82, 2.24) is 15.5 Å². The Bertz CT molecular complexity index is 582. The van der Waals surface area contributed by atoms with Crippen molar-refractivity contribution in [3.8, 4) is 5.75 Å². The number of piperidine rings is 1. The largest absolute Gasteiger partial charge is 0.497 e. The van der Waals surface area contributed by atoms with E-state index in [1.54, 1.807) is 14.2 Å². The molecule has 1 aromatic rings. The molecular formula is C21H37IN4O2. The van der Waals surface area contributed by atoms with Gasteiger partial charge >= 0.3 is 0 Å². The minimum atomic E-state index is 0. The SMILES string of the molecule is CCNC(=NCC1CCCN(C)C1c1ccc(OC)cc1)NC(C)COC.I. The maximum absolute atomic E-state index is 5.31. The summed E-state index contributed by atoms with van der Waals surface area (Å²) in [6.45, 7) is 7.62. The molecular weight excluding hydrogens is 467 g/mol. The lowest BCUT2D eigenvalue weighted by atomic mass is 9.85. The molecule has 7 heteroatoms. The maximum Gasteiger partial charge on any atom is 0.191 e. The summed E-state index contributed by atoms with van der Waals surface area (Å²) in [5.74, 6) is 2.26. The van der Waals surface area contributed by atoms with E-state index < -0.39 is 0 Å². The summed E-state index contributed by atoms with van der Waals surface area (Å²) < 4.78 is 10.5. The lowest BCUT2D eigenvalue weighted by Gasteiger charge is -2.39. The van der Waals surface area contributed by atoms with Crippen LogP contribution in [0.4, 0.5) is 0 Å². The summed E-state index contributed by atoms with van der Waals surface area (Å²) in [7, 11) is 5.65. The van der Waals surface area contributed by atoms with Crippen molar-refractivity contribution in [3.63, 3.8) is 0 Å². The average molecular weight is 504 g/mol. The van der Waals surface area contributed by atoms with E-state index in [1.165, 1.54) is 18.4 Å². The van der Waals surface area contributed by atoms with Crippen LogP contribution in [0.5, 0.6) is 5.75 Å². The third kappa shape index (κ3) is 7.40. The number of likely N-dealkylation sites (tertiary alicyclic amines) is 1. The summed E-state index contributed by atoms with van der Waals surface area (Å²) >= 11 is 0. The predicted octanol–water partition coefficient (Wildman–Crippen LogP) is 3.29. The number of hydrogen-bond acceptors (Lipinski definition) is 4. The van der Waals surface area contributed by atoms with E-state index in [0.717, 1.165) is 31.3 Å². The third-order valence-corrected chi connectivity index (χ3v) is 5.09. The Kier molecular flexibility index (Phi) is 11.8. The predicted molar refractivity (Wildman–Crippen MR) is 127 cm³/mol. The van der Waals surface area contributed by atoms with Gasteiger partial charge in [-0.1, -0.05) is 12.1 Å². The van der Waals surface area contributed by atoms with Gasteiger partial charge in [-0.3, -0.25) is 9.89 Å². The number of halogens is 1. The molecule has 1 aliphatic heterocycles. The van der Waals surface area contributed by atoms with Crippen molar-refractivity contribution in [2.75, 3.05) is 47.5 Å². The lowest BCUT2D eigenvalue weighted by Crippen LogP contribution is -2.44. The number of methoxy groups -OCH3 is 2. The molecule has 0 aliphatic carbocycles. The van der Waals surface area contributed by atoms with E-state index in [2.05, 4.69) is 60.7 Å². The zero-order chi connectivity index (χ0) is 19.6. The van der Waals surface area contributed by atoms with Gasteiger partial charge in [-0.2, -0.15) is 0 Å². The van der Waals surface area contributed by atoms with Crippen LogP contribution in [-0.4, -0.2) is 64.4 Å². The van der Waals surface area contributed by atoms with Gasteiger partial charge in [0.25, 0.3) is 0 Å². The van der Waals surface area contributed by atoms with Crippen molar-refractivity contribution < 1.29 is 9.47 Å². The molecule has 0 saturated carbocycles. The van der Waals surface area contributed by atoms with Gasteiger partial charge < -0.3 is 20.1 Å². The van der Waals surface area contributed by atoms with E-state index in [1.807, 2.05) is 0 Å². The Balaban J connectivity index is 0.00000392. The Labute approximate surface area is 187 Å². The van der Waals surface area contributed by atoms with Crippen LogP contribution in [-0.2, 0) is 4.74 Å². The van der Waals surface area contributed by atoms with Crippen LogP contribution in [0.15, 0.2) is 29.3 Å². The molecule has 1 saturated heterocycles. The average Bonchev–Trinajstić information content (AvgIpc) is 2.66. The first-order valence-electron chi connectivity index (χ1n) is 9.97. The van der Waals surface area contributed by atoms with Gasteiger partial charge in [0.1, 0.15) is 5.75 Å². The van der Waals surface area contributed by atoms with Crippen molar-refractivity contribution in [2.24, 2.45) is 10.9 Å². The topological polar surface area (TPSA) is 58.1 Å². The van der Waals surface area contributed by atoms with Gasteiger partial charge in [0.2, 0.25) is 0 Å². The molecule has 0 spiro atoms. The van der Waals surface area contributed by atoms with Crippen molar-refractivity contribution in [1.29, 1.82) is 0 Å². The van der Waals surface area contributed by atoms with E-state index >= 15 is 0 Å². The van der Waals surface area contributed by atoms with Gasteiger partial charge in [-0.05, 0) is 63.9 Å². The van der Waals surface area contributed by atoms with Crippen LogP contribution >= 0.6 is 24.0 Å². The van der Waals surface area contributed by atoms with E-state index in [0.29, 0.717) is 18.6 Å². The highest BCUT2D eigenvalue weighted by Crippen LogP contribution is 2.35. The minimum absolute atomic E-state index is 0. The Morgan fingerprint density at radius 2 is 2.00 bits per heavy atom. The van der Waals surface area contributed by atoms with Gasteiger partial charge in [-0.25, -0.2) is 0 Å². The molecule has 6 nitrogen and oxygen atoms in total. The Hall–Kier alpha value is -1.06. The Morgan fingerprint density at radius 1 is 1.29 bits per heavy atom. The van der Waals surface area contributed by atoms with Crippen molar-refractivity contribution in [3.05, 3.63) is 29.8 Å². The highest BCUT2D eigenvalue weighted by molar-refractivity contribution is 14.0. The first-order valence-corrected chi connectivity index (χ1v) is 9.97. The zero-order valence-electron chi connectivity index (χ0n) is 17.9. The smallest absolute Gasteiger partial charge is 0.191 e. The zero-order valence-corrected chi connectivity index (χ0v) is 20.2. The molecule has 1 aromatic carbocycles. The quantitative estimate of drug-likeness (QED) is 0.324. The van der Waals surface area contributed by atoms with Crippen molar-refractivity contribution in [2.45, 2.75) is 38.8 Å². The molecule has 1 fully saturated rings. The number of nitrogens with zero attached hydrogens (tertiary/aromatic N) is 2. The minimum Gasteiger partial charge on any atom is -0.497 e. The fourth-order valence-electron chi connectivity index (χ4n) is 3.83. The number of rotatable bonds is 8. The fraction of sp³-hybridized carbons (Fsp3) is 0.667. The van der Waals surface area contributed by atoms with Gasteiger partial charge in [0.15, 0.2) is 5.96 Å². The highest BCUT2D eigenvalue weighted by Gasteiger charge is 2.30. The molecule has 28 heavy (non-hydrogen) atoms. The molecule has 0 amide bonds. The van der Waals surface area contributed by atoms with E-state index in [-0.39, 0.29) is 30.0 Å². The Morgan fingerprint density at radius 3 is 2.61 bits per heavy atom. The number of aliphatic imine (C=N–C) groups is 1. The standard InChI is InChI=1S/C21H36N4O2.HI/c1-6-22-21(24-16(2)15-26-4)23-14-18-8-7-13-25(3)20(18)17-9-11-19(27-5)12-10-17;/h9-12,16,18,20H,6-8,13-15H2,1-5H3,(H2,22,23,24);1H. The van der Waals surface area contributed by atoms with Gasteiger partial charge in [-0.15, -0.1) is 24.0 Å². The van der Waals surface area contributed by atoms with Crippen LogP contribution in [0, 0.1) is 5.92 Å². The summed E-state index contributed by atoms with van der Waals surface area (Å²) in [5.41, 5.74) is 1.34. The highest BCUT2D eigenvalue weighted by atomic mass is 127. The molecule has 3 atom stereocenters. The van der Waals surface area contributed by atoms with Crippen LogP contribution in [0.25, 0.3) is 0 Å². The monoisotopic (exact) mass is 504 g/mol. The normalized spacial score (nSPS) is 21.5. The number of ether oxygens (including phenoxy) is 2. The summed E-state index contributed by atoms with van der Waals surface area (Å²) in [6, 6.07) is 9.08. The molecule has 0 aromatic heterocycles. The molecule has 2 rings (SSSR count). The summed E-state index contributed by atoms with van der Waals surface area (Å²) in [4.78, 5) is 7.35. The van der Waals surface area contributed by atoms with Crippen LogP contribution in [0.3, 0.4) is 0 Å². The first kappa shape index (κ1) is 25.0. The maximum atomic E-state index is 5.31. The molecule has 1 aliphatic rings. The van der Waals surface area contributed by atoms with Gasteiger partial charge in [0, 0.05) is 32.3 Å². The number of nitrogens with one attached hydrogen (secondary N) is 2. The molecule has 0 radical (unpaired) electrons. The fourth-order valence-corrected chi connectivity index (χ4v) is 3.83. The van der Waals surface area contributed by atoms with E-state index in [9.17, 15) is 0 Å². The summed E-state index contributed by atoms with van der Waals surface area (Å²) in [5, 5.41) is 6.77. The number of benzene rings is 1. The third-order valence-electron chi connectivity index (χ3n) is 5.09. The van der Waals surface area contributed by atoms with Crippen molar-refractivity contribution >= 4 is 29.9 Å². The second-order valence-corrected chi connectivity index (χ2v) is 7.32. The second-order valence-electron chi connectivity index (χ2n) is 7.32. The second kappa shape index (κ2) is 13.2. The lowest BCUT2D eigenvalue weighted by molar-refractivity contribution is 0.125.